The lowest BCUT2D eigenvalue weighted by Crippen LogP contribution is -2.02. The van der Waals surface area contributed by atoms with Crippen LogP contribution in [0.25, 0.3) is 0 Å². The quantitative estimate of drug-likeness (QED) is 0.821. The predicted molar refractivity (Wildman–Crippen MR) is 68.0 cm³/mol. The van der Waals surface area contributed by atoms with Crippen LogP contribution in [-0.2, 0) is 11.2 Å². The predicted octanol–water partition coefficient (Wildman–Crippen LogP) is 2.34. The van der Waals surface area contributed by atoms with Gasteiger partial charge in [0.1, 0.15) is 6.10 Å². The van der Waals surface area contributed by atoms with E-state index in [0.29, 0.717) is 18.1 Å². The fraction of sp³-hybridized carbons (Fsp3) is 0.385. The lowest BCUT2D eigenvalue weighted by molar-refractivity contribution is 0.0903. The largest absolute Gasteiger partial charge is 0.399 e. The number of hydrogen-bond donors (Lipinski definition) is 1. The van der Waals surface area contributed by atoms with E-state index in [1.807, 2.05) is 31.2 Å². The first kappa shape index (κ1) is 12.6. The number of nitrogens with zero attached hydrogens (tertiary/aromatic N) is 2. The molecule has 5 nitrogen and oxygen atoms in total. The topological polar surface area (TPSA) is 74.2 Å². The summed E-state index contributed by atoms with van der Waals surface area (Å²) in [5.41, 5.74) is 7.51. The van der Waals surface area contributed by atoms with Gasteiger partial charge in [0.15, 0.2) is 0 Å². The van der Waals surface area contributed by atoms with Crippen molar-refractivity contribution in [1.29, 1.82) is 0 Å². The normalized spacial score (nSPS) is 12.6. The van der Waals surface area contributed by atoms with Crippen LogP contribution in [-0.4, -0.2) is 17.3 Å². The Morgan fingerprint density at radius 3 is 2.94 bits per heavy atom. The second-order valence-electron chi connectivity index (χ2n) is 4.10. The van der Waals surface area contributed by atoms with Crippen LogP contribution in [0.2, 0.25) is 0 Å². The summed E-state index contributed by atoms with van der Waals surface area (Å²) in [6, 6.07) is 7.64. The van der Waals surface area contributed by atoms with Gasteiger partial charge in [-0.05, 0) is 24.1 Å². The maximum absolute atomic E-state index is 5.72. The molecular formula is C13H17N3O2. The molecule has 1 atom stereocenters. The summed E-state index contributed by atoms with van der Waals surface area (Å²) in [7, 11) is 1.64. The molecule has 18 heavy (non-hydrogen) atoms. The van der Waals surface area contributed by atoms with Gasteiger partial charge >= 0.3 is 0 Å². The summed E-state index contributed by atoms with van der Waals surface area (Å²) >= 11 is 0. The molecule has 0 saturated carbocycles. The van der Waals surface area contributed by atoms with Gasteiger partial charge in [-0.3, -0.25) is 0 Å². The summed E-state index contributed by atoms with van der Waals surface area (Å²) in [5.74, 6) is 1.17. The molecule has 0 radical (unpaired) electrons. The third kappa shape index (κ3) is 2.87. The smallest absolute Gasteiger partial charge is 0.231 e. The van der Waals surface area contributed by atoms with Crippen molar-refractivity contribution in [3.05, 3.63) is 41.5 Å². The summed E-state index contributed by atoms with van der Waals surface area (Å²) in [6.07, 6.45) is 1.29. The highest BCUT2D eigenvalue weighted by atomic mass is 16.5. The van der Waals surface area contributed by atoms with Crippen LogP contribution < -0.4 is 5.73 Å². The second-order valence-corrected chi connectivity index (χ2v) is 4.10. The molecular weight excluding hydrogens is 230 g/mol. The van der Waals surface area contributed by atoms with Crippen molar-refractivity contribution in [2.75, 3.05) is 12.8 Å². The zero-order valence-electron chi connectivity index (χ0n) is 10.6. The number of hydrogen-bond acceptors (Lipinski definition) is 5. The van der Waals surface area contributed by atoms with Gasteiger partial charge in [-0.1, -0.05) is 24.2 Å². The van der Waals surface area contributed by atoms with Crippen molar-refractivity contribution in [3.63, 3.8) is 0 Å². The minimum absolute atomic E-state index is 0.108. The number of anilines is 1. The fourth-order valence-electron chi connectivity index (χ4n) is 1.80. The number of aromatic nitrogens is 2. The summed E-state index contributed by atoms with van der Waals surface area (Å²) in [6.45, 7) is 2.02. The van der Waals surface area contributed by atoms with E-state index < -0.39 is 0 Å². The second kappa shape index (κ2) is 5.64. The van der Waals surface area contributed by atoms with Crippen molar-refractivity contribution in [2.45, 2.75) is 25.9 Å². The number of rotatable bonds is 5. The average molecular weight is 247 g/mol. The van der Waals surface area contributed by atoms with Gasteiger partial charge in [-0.2, -0.15) is 4.98 Å². The van der Waals surface area contributed by atoms with Gasteiger partial charge in [-0.15, -0.1) is 0 Å². The highest BCUT2D eigenvalue weighted by Crippen LogP contribution is 2.18. The minimum atomic E-state index is -0.108. The molecule has 1 heterocycles. The van der Waals surface area contributed by atoms with Crippen molar-refractivity contribution < 1.29 is 9.26 Å². The molecule has 5 heteroatoms. The van der Waals surface area contributed by atoms with E-state index in [4.69, 9.17) is 15.0 Å². The Kier molecular flexibility index (Phi) is 3.94. The molecule has 0 fully saturated rings. The highest BCUT2D eigenvalue weighted by molar-refractivity contribution is 5.41. The van der Waals surface area contributed by atoms with Crippen molar-refractivity contribution in [2.24, 2.45) is 0 Å². The molecule has 1 aromatic carbocycles. The van der Waals surface area contributed by atoms with Crippen LogP contribution in [0, 0.1) is 0 Å². The van der Waals surface area contributed by atoms with Gasteiger partial charge in [0.2, 0.25) is 11.7 Å². The van der Waals surface area contributed by atoms with Gasteiger partial charge in [0, 0.05) is 12.8 Å². The van der Waals surface area contributed by atoms with Gasteiger partial charge in [-0.25, -0.2) is 0 Å². The monoisotopic (exact) mass is 247 g/mol. The SMILES string of the molecule is CCC(OC)c1noc(Cc2cccc(N)c2)n1. The number of benzene rings is 1. The van der Waals surface area contributed by atoms with E-state index in [-0.39, 0.29) is 6.10 Å². The molecule has 96 valence electrons. The first-order valence-corrected chi connectivity index (χ1v) is 5.92. The van der Waals surface area contributed by atoms with Crippen LogP contribution in [0.15, 0.2) is 28.8 Å². The maximum atomic E-state index is 5.72. The molecule has 0 bridgehead atoms. The van der Waals surface area contributed by atoms with Crippen LogP contribution in [0.5, 0.6) is 0 Å². The number of nitrogens with two attached hydrogens (primary N) is 1. The van der Waals surface area contributed by atoms with Crippen molar-refractivity contribution in [1.82, 2.24) is 10.1 Å². The first-order valence-electron chi connectivity index (χ1n) is 5.92. The molecule has 2 aromatic rings. The van der Waals surface area contributed by atoms with E-state index >= 15 is 0 Å². The number of nitrogen functional groups attached to an aromatic ring is 1. The Morgan fingerprint density at radius 1 is 1.44 bits per heavy atom. The minimum Gasteiger partial charge on any atom is -0.399 e. The Hall–Kier alpha value is -1.88. The molecule has 0 aliphatic carbocycles. The molecule has 2 N–H and O–H groups in total. The lowest BCUT2D eigenvalue weighted by Gasteiger charge is -2.06. The fourth-order valence-corrected chi connectivity index (χ4v) is 1.80. The lowest BCUT2D eigenvalue weighted by atomic mass is 10.1. The Bertz CT molecular complexity index is 506. The van der Waals surface area contributed by atoms with Crippen LogP contribution in [0.4, 0.5) is 5.69 Å². The summed E-state index contributed by atoms with van der Waals surface area (Å²) in [4.78, 5) is 4.33. The van der Waals surface area contributed by atoms with E-state index in [9.17, 15) is 0 Å². The molecule has 0 amide bonds. The Labute approximate surface area is 106 Å². The number of ether oxygens (including phenoxy) is 1. The molecule has 1 unspecified atom stereocenters. The third-order valence-corrected chi connectivity index (χ3v) is 2.73. The molecule has 0 aliphatic rings. The summed E-state index contributed by atoms with van der Waals surface area (Å²) in [5, 5.41) is 3.93. The third-order valence-electron chi connectivity index (χ3n) is 2.73. The van der Waals surface area contributed by atoms with E-state index in [1.165, 1.54) is 0 Å². The molecule has 2 rings (SSSR count). The Morgan fingerprint density at radius 2 is 2.28 bits per heavy atom. The highest BCUT2D eigenvalue weighted by Gasteiger charge is 2.15. The molecule has 1 aromatic heterocycles. The average Bonchev–Trinajstić information content (AvgIpc) is 2.79. The maximum Gasteiger partial charge on any atom is 0.231 e. The zero-order valence-corrected chi connectivity index (χ0v) is 10.6. The van der Waals surface area contributed by atoms with Gasteiger partial charge < -0.3 is 15.0 Å². The van der Waals surface area contributed by atoms with Gasteiger partial charge in [0.25, 0.3) is 0 Å². The first-order chi connectivity index (χ1) is 8.72. The van der Waals surface area contributed by atoms with Crippen LogP contribution in [0.1, 0.15) is 36.7 Å². The van der Waals surface area contributed by atoms with E-state index in [2.05, 4.69) is 10.1 Å². The van der Waals surface area contributed by atoms with Crippen molar-refractivity contribution in [3.8, 4) is 0 Å². The van der Waals surface area contributed by atoms with E-state index in [1.54, 1.807) is 7.11 Å². The standard InChI is InChI=1S/C13H17N3O2/c1-3-11(17-2)13-15-12(18-16-13)8-9-5-4-6-10(14)7-9/h4-7,11H,3,8,14H2,1-2H3. The molecule has 0 spiro atoms. The van der Waals surface area contributed by atoms with E-state index in [0.717, 1.165) is 17.7 Å². The van der Waals surface area contributed by atoms with Crippen molar-refractivity contribution >= 4 is 5.69 Å². The van der Waals surface area contributed by atoms with Crippen LogP contribution in [0.3, 0.4) is 0 Å². The van der Waals surface area contributed by atoms with Crippen LogP contribution >= 0.6 is 0 Å². The molecule has 0 saturated heterocycles. The molecule has 0 aliphatic heterocycles. The Balaban J connectivity index is 2.11. The summed E-state index contributed by atoms with van der Waals surface area (Å²) < 4.78 is 10.5. The zero-order chi connectivity index (χ0) is 13.0. The number of methoxy groups -OCH3 is 1. The van der Waals surface area contributed by atoms with Gasteiger partial charge in [0.05, 0.1) is 6.42 Å².